The van der Waals surface area contributed by atoms with Gasteiger partial charge in [0.25, 0.3) is 0 Å². The van der Waals surface area contributed by atoms with Crippen LogP contribution in [-0.2, 0) is 0 Å². The van der Waals surface area contributed by atoms with Crippen LogP contribution in [0, 0.1) is 6.92 Å². The molecule has 0 fully saturated rings. The van der Waals surface area contributed by atoms with E-state index in [1.54, 1.807) is 17.0 Å². The maximum Gasteiger partial charge on any atom is 0.337 e. The number of carbonyl (C=O) groups is 1. The Morgan fingerprint density at radius 1 is 1.24 bits per heavy atom. The first-order chi connectivity index (χ1) is 8.10. The molecule has 0 bridgehead atoms. The van der Waals surface area contributed by atoms with Crippen molar-refractivity contribution in [2.24, 2.45) is 0 Å². The molecule has 1 rings (SSSR count). The van der Waals surface area contributed by atoms with Gasteiger partial charge in [0.1, 0.15) is 0 Å². The van der Waals surface area contributed by atoms with Gasteiger partial charge in [-0.05, 0) is 24.6 Å². The fourth-order valence-corrected chi connectivity index (χ4v) is 1.68. The van der Waals surface area contributed by atoms with Crippen molar-refractivity contribution in [2.75, 3.05) is 31.2 Å². The number of aromatic carboxylic acids is 1. The molecule has 0 aromatic heterocycles. The smallest absolute Gasteiger partial charge is 0.337 e. The molecule has 0 amide bonds. The Balaban J connectivity index is 3.14. The fraction of sp³-hybridized carbons (Fsp3) is 0.417. The summed E-state index contributed by atoms with van der Waals surface area (Å²) in [5.74, 6) is -1.01. The molecular weight excluding hydrogens is 222 g/mol. The van der Waals surface area contributed by atoms with Gasteiger partial charge in [0.05, 0.1) is 24.5 Å². The van der Waals surface area contributed by atoms with E-state index in [2.05, 4.69) is 0 Å². The van der Waals surface area contributed by atoms with Crippen LogP contribution in [-0.4, -0.2) is 47.6 Å². The number of aliphatic hydroxyl groups excluding tert-OH is 2. The number of rotatable bonds is 6. The van der Waals surface area contributed by atoms with Crippen molar-refractivity contribution >= 4 is 11.7 Å². The van der Waals surface area contributed by atoms with Crippen molar-refractivity contribution in [3.63, 3.8) is 0 Å². The second-order valence-electron chi connectivity index (χ2n) is 3.76. The number of hydrogen-bond acceptors (Lipinski definition) is 4. The van der Waals surface area contributed by atoms with Gasteiger partial charge in [-0.2, -0.15) is 0 Å². The molecule has 0 unspecified atom stereocenters. The molecule has 0 atom stereocenters. The highest BCUT2D eigenvalue weighted by Crippen LogP contribution is 2.22. The summed E-state index contributed by atoms with van der Waals surface area (Å²) in [4.78, 5) is 12.8. The molecule has 1 aromatic carbocycles. The summed E-state index contributed by atoms with van der Waals surface area (Å²) in [6.07, 6.45) is 0. The van der Waals surface area contributed by atoms with Crippen LogP contribution < -0.4 is 4.90 Å². The van der Waals surface area contributed by atoms with Crippen LogP contribution in [0.25, 0.3) is 0 Å². The Labute approximate surface area is 99.9 Å². The molecule has 0 saturated heterocycles. The molecule has 0 heterocycles. The number of benzene rings is 1. The van der Waals surface area contributed by atoms with Crippen molar-refractivity contribution in [3.05, 3.63) is 29.3 Å². The van der Waals surface area contributed by atoms with Gasteiger partial charge in [-0.3, -0.25) is 0 Å². The van der Waals surface area contributed by atoms with E-state index >= 15 is 0 Å². The zero-order valence-corrected chi connectivity index (χ0v) is 9.76. The van der Waals surface area contributed by atoms with E-state index in [0.29, 0.717) is 18.8 Å². The van der Waals surface area contributed by atoms with E-state index in [-0.39, 0.29) is 18.8 Å². The van der Waals surface area contributed by atoms with E-state index in [9.17, 15) is 4.79 Å². The van der Waals surface area contributed by atoms with Crippen LogP contribution in [0.5, 0.6) is 0 Å². The molecule has 5 heteroatoms. The minimum absolute atomic E-state index is 0.0903. The number of aliphatic hydroxyl groups is 2. The Hall–Kier alpha value is -1.59. The third-order valence-electron chi connectivity index (χ3n) is 2.46. The first-order valence-electron chi connectivity index (χ1n) is 5.40. The van der Waals surface area contributed by atoms with Gasteiger partial charge in [-0.25, -0.2) is 4.79 Å². The highest BCUT2D eigenvalue weighted by atomic mass is 16.4. The van der Waals surface area contributed by atoms with Gasteiger partial charge in [-0.1, -0.05) is 6.07 Å². The number of carboxylic acid groups (broad SMARTS) is 1. The normalized spacial score (nSPS) is 10.3. The van der Waals surface area contributed by atoms with Crippen molar-refractivity contribution < 1.29 is 20.1 Å². The molecule has 0 aliphatic heterocycles. The summed E-state index contributed by atoms with van der Waals surface area (Å²) in [5.41, 5.74) is 1.64. The second kappa shape index (κ2) is 6.22. The van der Waals surface area contributed by atoms with Gasteiger partial charge in [0.2, 0.25) is 0 Å². The summed E-state index contributed by atoms with van der Waals surface area (Å²) in [5, 5.41) is 27.0. The lowest BCUT2D eigenvalue weighted by molar-refractivity contribution is 0.0697. The highest BCUT2D eigenvalue weighted by molar-refractivity contribution is 5.94. The van der Waals surface area contributed by atoms with Crippen molar-refractivity contribution in [3.8, 4) is 0 Å². The predicted molar refractivity (Wildman–Crippen MR) is 64.5 cm³/mol. The van der Waals surface area contributed by atoms with Crippen molar-refractivity contribution in [1.82, 2.24) is 0 Å². The first-order valence-corrected chi connectivity index (χ1v) is 5.40. The summed E-state index contributed by atoms with van der Waals surface area (Å²) in [6, 6.07) is 5.01. The topological polar surface area (TPSA) is 81.0 Å². The lowest BCUT2D eigenvalue weighted by Crippen LogP contribution is -2.31. The quantitative estimate of drug-likeness (QED) is 0.673. The van der Waals surface area contributed by atoms with E-state index in [0.717, 1.165) is 5.56 Å². The third-order valence-corrected chi connectivity index (χ3v) is 2.46. The molecular formula is C12H17NO4. The second-order valence-corrected chi connectivity index (χ2v) is 3.76. The van der Waals surface area contributed by atoms with Crippen LogP contribution in [0.1, 0.15) is 15.9 Å². The monoisotopic (exact) mass is 239 g/mol. The Bertz CT molecular complexity index is 386. The van der Waals surface area contributed by atoms with E-state index in [4.69, 9.17) is 15.3 Å². The summed E-state index contributed by atoms with van der Waals surface area (Å²) >= 11 is 0. The maximum absolute atomic E-state index is 11.1. The number of aryl methyl sites for hydroxylation is 1. The third kappa shape index (κ3) is 3.44. The molecule has 0 aliphatic rings. The zero-order chi connectivity index (χ0) is 12.8. The van der Waals surface area contributed by atoms with Gasteiger partial charge in [0.15, 0.2) is 0 Å². The van der Waals surface area contributed by atoms with Crippen LogP contribution >= 0.6 is 0 Å². The molecule has 1 aromatic rings. The van der Waals surface area contributed by atoms with Gasteiger partial charge in [0, 0.05) is 13.1 Å². The standard InChI is InChI=1S/C12H17NO4/c1-9-2-3-10(12(16)17)11(8-9)13(4-6-14)5-7-15/h2-3,8,14-15H,4-7H2,1H3,(H,16,17). The zero-order valence-electron chi connectivity index (χ0n) is 9.76. The molecule has 94 valence electrons. The van der Waals surface area contributed by atoms with Gasteiger partial charge in [-0.15, -0.1) is 0 Å². The SMILES string of the molecule is Cc1ccc(C(=O)O)c(N(CCO)CCO)c1. The molecule has 0 saturated carbocycles. The molecule has 0 aliphatic carbocycles. The average molecular weight is 239 g/mol. The maximum atomic E-state index is 11.1. The lowest BCUT2D eigenvalue weighted by Gasteiger charge is -2.25. The summed E-state index contributed by atoms with van der Waals surface area (Å²) < 4.78 is 0. The minimum Gasteiger partial charge on any atom is -0.478 e. The van der Waals surface area contributed by atoms with E-state index < -0.39 is 5.97 Å². The van der Waals surface area contributed by atoms with Crippen LogP contribution in [0.3, 0.4) is 0 Å². The molecule has 0 radical (unpaired) electrons. The van der Waals surface area contributed by atoms with Crippen molar-refractivity contribution in [2.45, 2.75) is 6.92 Å². The van der Waals surface area contributed by atoms with Gasteiger partial charge < -0.3 is 20.2 Å². The van der Waals surface area contributed by atoms with Crippen LogP contribution in [0.2, 0.25) is 0 Å². The fourth-order valence-electron chi connectivity index (χ4n) is 1.68. The number of hydrogen-bond donors (Lipinski definition) is 3. The lowest BCUT2D eigenvalue weighted by atomic mass is 10.1. The minimum atomic E-state index is -1.01. The van der Waals surface area contributed by atoms with Crippen molar-refractivity contribution in [1.29, 1.82) is 0 Å². The molecule has 0 spiro atoms. The number of nitrogens with zero attached hydrogens (tertiary/aromatic N) is 1. The molecule has 3 N–H and O–H groups in total. The molecule has 5 nitrogen and oxygen atoms in total. The first kappa shape index (κ1) is 13.5. The molecule has 17 heavy (non-hydrogen) atoms. The van der Waals surface area contributed by atoms with E-state index in [1.165, 1.54) is 6.07 Å². The summed E-state index contributed by atoms with van der Waals surface area (Å²) in [6.45, 7) is 2.28. The Morgan fingerprint density at radius 2 is 1.82 bits per heavy atom. The Morgan fingerprint density at radius 3 is 2.29 bits per heavy atom. The van der Waals surface area contributed by atoms with E-state index in [1.807, 2.05) is 6.92 Å². The number of carboxylic acids is 1. The number of anilines is 1. The van der Waals surface area contributed by atoms with Gasteiger partial charge >= 0.3 is 5.97 Å². The van der Waals surface area contributed by atoms with Crippen LogP contribution in [0.4, 0.5) is 5.69 Å². The summed E-state index contributed by atoms with van der Waals surface area (Å²) in [7, 11) is 0. The Kier molecular flexibility index (Phi) is 4.93. The largest absolute Gasteiger partial charge is 0.478 e. The highest BCUT2D eigenvalue weighted by Gasteiger charge is 2.15. The van der Waals surface area contributed by atoms with Crippen LogP contribution in [0.15, 0.2) is 18.2 Å². The predicted octanol–water partition coefficient (Wildman–Crippen LogP) is 0.484. The average Bonchev–Trinajstić information content (AvgIpc) is 2.28.